The van der Waals surface area contributed by atoms with Crippen LogP contribution >= 0.6 is 62.3 Å². The van der Waals surface area contributed by atoms with Crippen molar-refractivity contribution in [2.24, 2.45) is 5.10 Å². The third kappa shape index (κ3) is 6.30. The number of amides is 1. The molecule has 3 rings (SSSR count). The minimum Gasteiger partial charge on any atom is -0.493 e. The van der Waals surface area contributed by atoms with Crippen LogP contribution in [0.3, 0.4) is 0 Å². The molecule has 0 spiro atoms. The van der Waals surface area contributed by atoms with Crippen LogP contribution in [0, 0.1) is 0 Å². The molecule has 166 valence electrons. The van der Waals surface area contributed by atoms with E-state index < -0.39 is 5.91 Å². The number of methoxy groups -OCH3 is 1. The van der Waals surface area contributed by atoms with E-state index in [9.17, 15) is 4.79 Å². The molecule has 3 aromatic rings. The number of hydrogen-bond donors (Lipinski definition) is 1. The lowest BCUT2D eigenvalue weighted by Crippen LogP contribution is -2.18. The number of carbonyl (C=O) groups is 1. The summed E-state index contributed by atoms with van der Waals surface area (Å²) in [7, 11) is 1.53. The van der Waals surface area contributed by atoms with E-state index in [1.165, 1.54) is 25.5 Å². The number of carbonyl (C=O) groups excluding carboxylic acids is 1. The molecule has 0 fully saturated rings. The maximum Gasteiger partial charge on any atom is 0.272 e. The van der Waals surface area contributed by atoms with E-state index in [4.69, 9.17) is 55.9 Å². The minimum atomic E-state index is -0.462. The van der Waals surface area contributed by atoms with E-state index in [0.29, 0.717) is 36.6 Å². The van der Waals surface area contributed by atoms with E-state index >= 15 is 0 Å². The van der Waals surface area contributed by atoms with E-state index in [2.05, 4.69) is 26.5 Å². The van der Waals surface area contributed by atoms with Crippen molar-refractivity contribution in [3.05, 3.63) is 89.8 Å². The first-order valence-electron chi connectivity index (χ1n) is 9.01. The molecular formula is C22H15BrCl4N2O3. The van der Waals surface area contributed by atoms with Crippen LogP contribution in [0.4, 0.5) is 0 Å². The SMILES string of the molecule is COc1cc(/C=N\NC(=O)c2ccc(Cl)cc2Cl)cc(Br)c1OCc1ccc(Cl)c(Cl)c1. The zero-order valence-corrected chi connectivity index (χ0v) is 21.1. The number of hydrazone groups is 1. The quantitative estimate of drug-likeness (QED) is 0.235. The lowest BCUT2D eigenvalue weighted by atomic mass is 10.2. The highest BCUT2D eigenvalue weighted by Crippen LogP contribution is 2.37. The van der Waals surface area contributed by atoms with Crippen molar-refractivity contribution in [2.45, 2.75) is 6.61 Å². The smallest absolute Gasteiger partial charge is 0.272 e. The van der Waals surface area contributed by atoms with Gasteiger partial charge in [-0.05, 0) is 69.5 Å². The van der Waals surface area contributed by atoms with Crippen LogP contribution in [0.2, 0.25) is 20.1 Å². The monoisotopic (exact) mass is 574 g/mol. The molecule has 5 nitrogen and oxygen atoms in total. The average Bonchev–Trinajstić information content (AvgIpc) is 2.74. The fourth-order valence-electron chi connectivity index (χ4n) is 2.64. The molecule has 0 heterocycles. The summed E-state index contributed by atoms with van der Waals surface area (Å²) in [4.78, 5) is 12.3. The number of hydrogen-bond acceptors (Lipinski definition) is 4. The Labute approximate surface area is 213 Å². The first kappa shape index (κ1) is 24.7. The van der Waals surface area contributed by atoms with Crippen LogP contribution in [0.1, 0.15) is 21.5 Å². The van der Waals surface area contributed by atoms with Crippen molar-refractivity contribution in [1.29, 1.82) is 0 Å². The molecular weight excluding hydrogens is 562 g/mol. The lowest BCUT2D eigenvalue weighted by Gasteiger charge is -2.14. The molecule has 0 aliphatic carbocycles. The van der Waals surface area contributed by atoms with Gasteiger partial charge in [-0.15, -0.1) is 0 Å². The first-order valence-corrected chi connectivity index (χ1v) is 11.3. The van der Waals surface area contributed by atoms with Gasteiger partial charge in [0.25, 0.3) is 5.91 Å². The summed E-state index contributed by atoms with van der Waals surface area (Å²) in [5.74, 6) is 0.524. The van der Waals surface area contributed by atoms with E-state index in [1.54, 1.807) is 30.3 Å². The van der Waals surface area contributed by atoms with Gasteiger partial charge in [0.15, 0.2) is 11.5 Å². The summed E-state index contributed by atoms with van der Waals surface area (Å²) >= 11 is 27.4. The predicted molar refractivity (Wildman–Crippen MR) is 133 cm³/mol. The number of halogens is 5. The lowest BCUT2D eigenvalue weighted by molar-refractivity contribution is 0.0955. The van der Waals surface area contributed by atoms with Crippen molar-refractivity contribution in [2.75, 3.05) is 7.11 Å². The minimum absolute atomic E-state index is 0.234. The maximum absolute atomic E-state index is 12.3. The molecule has 1 amide bonds. The number of rotatable bonds is 7. The topological polar surface area (TPSA) is 59.9 Å². The second kappa shape index (κ2) is 11.3. The molecule has 0 atom stereocenters. The van der Waals surface area contributed by atoms with Gasteiger partial charge >= 0.3 is 0 Å². The Morgan fingerprint density at radius 1 is 1.03 bits per heavy atom. The number of ether oxygens (including phenoxy) is 2. The Morgan fingerprint density at radius 3 is 2.50 bits per heavy atom. The van der Waals surface area contributed by atoms with Gasteiger partial charge in [-0.3, -0.25) is 4.79 Å². The van der Waals surface area contributed by atoms with Crippen molar-refractivity contribution in [3.63, 3.8) is 0 Å². The van der Waals surface area contributed by atoms with Gasteiger partial charge in [0.05, 0.1) is 38.4 Å². The van der Waals surface area contributed by atoms with Gasteiger partial charge in [-0.1, -0.05) is 52.5 Å². The van der Waals surface area contributed by atoms with E-state index in [1.807, 2.05) is 6.07 Å². The first-order chi connectivity index (χ1) is 15.3. The Bertz CT molecular complexity index is 1190. The summed E-state index contributed by atoms with van der Waals surface area (Å²) in [6, 6.07) is 13.4. The second-order valence-electron chi connectivity index (χ2n) is 6.39. The molecule has 1 N–H and O–H groups in total. The summed E-state index contributed by atoms with van der Waals surface area (Å²) in [6.07, 6.45) is 1.47. The molecule has 0 saturated heterocycles. The summed E-state index contributed by atoms with van der Waals surface area (Å²) in [5.41, 5.74) is 4.20. The maximum atomic E-state index is 12.3. The zero-order chi connectivity index (χ0) is 23.3. The van der Waals surface area contributed by atoms with E-state index in [-0.39, 0.29) is 17.2 Å². The molecule has 0 radical (unpaired) electrons. The number of nitrogens with one attached hydrogen (secondary N) is 1. The highest BCUT2D eigenvalue weighted by molar-refractivity contribution is 9.10. The number of benzene rings is 3. The van der Waals surface area contributed by atoms with Gasteiger partial charge in [0.1, 0.15) is 6.61 Å². The highest BCUT2D eigenvalue weighted by atomic mass is 79.9. The summed E-state index contributed by atoms with van der Waals surface area (Å²) in [6.45, 7) is 0.261. The molecule has 10 heteroatoms. The highest BCUT2D eigenvalue weighted by Gasteiger charge is 2.13. The van der Waals surface area contributed by atoms with Crippen LogP contribution in [0.5, 0.6) is 11.5 Å². The third-order valence-electron chi connectivity index (χ3n) is 4.17. The fraction of sp³-hybridized carbons (Fsp3) is 0.0909. The molecule has 0 bridgehead atoms. The third-order valence-corrected chi connectivity index (χ3v) is 6.05. The van der Waals surface area contributed by atoms with Gasteiger partial charge in [-0.25, -0.2) is 5.43 Å². The van der Waals surface area contributed by atoms with Gasteiger partial charge in [0.2, 0.25) is 0 Å². The fourth-order valence-corrected chi connectivity index (χ4v) is 4.03. The molecule has 0 unspecified atom stereocenters. The van der Waals surface area contributed by atoms with Crippen molar-refractivity contribution in [1.82, 2.24) is 5.43 Å². The van der Waals surface area contributed by atoms with Gasteiger partial charge in [-0.2, -0.15) is 5.10 Å². The Balaban J connectivity index is 1.71. The van der Waals surface area contributed by atoms with Crippen molar-refractivity contribution < 1.29 is 14.3 Å². The largest absolute Gasteiger partial charge is 0.493 e. The second-order valence-corrected chi connectivity index (χ2v) is 8.91. The van der Waals surface area contributed by atoms with Crippen LogP contribution in [0.25, 0.3) is 0 Å². The number of nitrogens with zero attached hydrogens (tertiary/aromatic N) is 1. The predicted octanol–water partition coefficient (Wildman–Crippen LogP) is 7.41. The zero-order valence-electron chi connectivity index (χ0n) is 16.5. The molecule has 0 aliphatic heterocycles. The normalized spacial score (nSPS) is 10.9. The van der Waals surface area contributed by atoms with E-state index in [0.717, 1.165) is 5.56 Å². The molecule has 0 aliphatic rings. The van der Waals surface area contributed by atoms with Crippen LogP contribution in [0.15, 0.2) is 58.1 Å². The Hall–Kier alpha value is -1.96. The molecule has 0 aromatic heterocycles. The van der Waals surface area contributed by atoms with Gasteiger partial charge in [0, 0.05) is 5.02 Å². The van der Waals surface area contributed by atoms with Crippen molar-refractivity contribution >= 4 is 74.5 Å². The standard InChI is InChI=1S/C22H15BrCl4N2O3/c1-31-20-8-13(10-28-29-22(30)15-4-3-14(24)9-18(15)26)6-16(23)21(20)32-11-12-2-5-17(25)19(27)7-12/h2-10H,11H2,1H3,(H,29,30)/b28-10-. The van der Waals surface area contributed by atoms with Crippen LogP contribution < -0.4 is 14.9 Å². The molecule has 3 aromatic carbocycles. The summed E-state index contributed by atoms with van der Waals surface area (Å²) in [5, 5.41) is 5.58. The van der Waals surface area contributed by atoms with Crippen molar-refractivity contribution in [3.8, 4) is 11.5 Å². The van der Waals surface area contributed by atoms with Gasteiger partial charge < -0.3 is 9.47 Å². The van der Waals surface area contributed by atoms with Crippen LogP contribution in [-0.2, 0) is 6.61 Å². The molecule has 32 heavy (non-hydrogen) atoms. The molecule has 0 saturated carbocycles. The average molecular weight is 577 g/mol. The van der Waals surface area contributed by atoms with Crippen LogP contribution in [-0.4, -0.2) is 19.2 Å². The summed E-state index contributed by atoms with van der Waals surface area (Å²) < 4.78 is 12.0. The Kier molecular flexibility index (Phi) is 8.68. The Morgan fingerprint density at radius 2 is 1.81 bits per heavy atom.